The van der Waals surface area contributed by atoms with E-state index in [0.717, 1.165) is 12.8 Å². The van der Waals surface area contributed by atoms with E-state index in [1.165, 1.54) is 0 Å². The summed E-state index contributed by atoms with van der Waals surface area (Å²) in [5.41, 5.74) is 0. The van der Waals surface area contributed by atoms with Crippen LogP contribution in [-0.2, 0) is 4.79 Å². The van der Waals surface area contributed by atoms with Gasteiger partial charge in [-0.05, 0) is 12.6 Å². The molecule has 4 heteroatoms. The van der Waals surface area contributed by atoms with E-state index in [1.807, 2.05) is 6.92 Å². The van der Waals surface area contributed by atoms with Crippen LogP contribution in [0.3, 0.4) is 0 Å². The second-order valence-corrected chi connectivity index (χ2v) is 2.53. The number of rotatable bonds is 4. The standard InChI is InChI=1S/C6H13O2P.ClH/c1-2-3-5(4-9)6(7)8;/h5H,2-4,9H2,1H3,(H,7,8);1H. The average Bonchev–Trinajstić information content (AvgIpc) is 1.82. The Morgan fingerprint density at radius 2 is 2.20 bits per heavy atom. The largest absolute Gasteiger partial charge is 0.481 e. The van der Waals surface area contributed by atoms with E-state index >= 15 is 0 Å². The summed E-state index contributed by atoms with van der Waals surface area (Å²) in [5.74, 6) is -0.827. The molecule has 0 rings (SSSR count). The number of hydrogen-bond acceptors (Lipinski definition) is 1. The van der Waals surface area contributed by atoms with E-state index in [2.05, 4.69) is 9.24 Å². The van der Waals surface area contributed by atoms with Gasteiger partial charge in [0, 0.05) is 0 Å². The van der Waals surface area contributed by atoms with Crippen LogP contribution in [0.25, 0.3) is 0 Å². The van der Waals surface area contributed by atoms with Gasteiger partial charge in [0.05, 0.1) is 5.92 Å². The summed E-state index contributed by atoms with van der Waals surface area (Å²) in [6.07, 6.45) is 2.41. The first-order valence-electron chi connectivity index (χ1n) is 3.15. The predicted molar refractivity (Wildman–Crippen MR) is 47.9 cm³/mol. The van der Waals surface area contributed by atoms with Gasteiger partial charge in [0.1, 0.15) is 0 Å². The fourth-order valence-electron chi connectivity index (χ4n) is 0.691. The van der Waals surface area contributed by atoms with E-state index in [1.54, 1.807) is 0 Å². The summed E-state index contributed by atoms with van der Waals surface area (Å²) in [6.45, 7) is 2.00. The molecule has 2 nitrogen and oxygen atoms in total. The molecular weight excluding hydrogens is 170 g/mol. The fourth-order valence-corrected chi connectivity index (χ4v) is 1.13. The van der Waals surface area contributed by atoms with Crippen molar-refractivity contribution in [1.29, 1.82) is 0 Å². The number of hydrogen-bond donors (Lipinski definition) is 1. The molecule has 2 atom stereocenters. The Morgan fingerprint density at radius 1 is 1.70 bits per heavy atom. The summed E-state index contributed by atoms with van der Waals surface area (Å²) < 4.78 is 0. The van der Waals surface area contributed by atoms with E-state index < -0.39 is 5.97 Å². The molecule has 0 radical (unpaired) electrons. The number of carboxylic acid groups (broad SMARTS) is 1. The molecule has 0 fully saturated rings. The minimum Gasteiger partial charge on any atom is -0.481 e. The Balaban J connectivity index is 0. The van der Waals surface area contributed by atoms with E-state index in [0.29, 0.717) is 6.16 Å². The van der Waals surface area contributed by atoms with Crippen LogP contribution >= 0.6 is 21.6 Å². The van der Waals surface area contributed by atoms with Gasteiger partial charge in [-0.25, -0.2) is 0 Å². The number of halogens is 1. The fraction of sp³-hybridized carbons (Fsp3) is 0.833. The molecule has 0 aromatic heterocycles. The van der Waals surface area contributed by atoms with Gasteiger partial charge in [-0.2, -0.15) is 0 Å². The molecule has 10 heavy (non-hydrogen) atoms. The number of carboxylic acids is 1. The average molecular weight is 185 g/mol. The van der Waals surface area contributed by atoms with Gasteiger partial charge in [0.25, 0.3) is 0 Å². The first-order chi connectivity index (χ1) is 4.22. The van der Waals surface area contributed by atoms with Crippen molar-refractivity contribution in [2.45, 2.75) is 19.8 Å². The zero-order chi connectivity index (χ0) is 7.28. The van der Waals surface area contributed by atoms with Crippen LogP contribution < -0.4 is 0 Å². The van der Waals surface area contributed by atoms with Gasteiger partial charge >= 0.3 is 5.97 Å². The van der Waals surface area contributed by atoms with E-state index in [9.17, 15) is 4.79 Å². The molecule has 0 aromatic rings. The van der Waals surface area contributed by atoms with Gasteiger partial charge in [0.15, 0.2) is 0 Å². The third kappa shape index (κ3) is 5.01. The normalized spacial score (nSPS) is 11.8. The van der Waals surface area contributed by atoms with E-state index in [-0.39, 0.29) is 18.3 Å². The number of aliphatic carboxylic acids is 1. The van der Waals surface area contributed by atoms with Crippen molar-refractivity contribution in [1.82, 2.24) is 0 Å². The Hall–Kier alpha value is 0.190. The minimum atomic E-state index is -0.674. The monoisotopic (exact) mass is 184 g/mol. The van der Waals surface area contributed by atoms with Crippen molar-refractivity contribution in [2.75, 3.05) is 6.16 Å². The van der Waals surface area contributed by atoms with Crippen molar-refractivity contribution in [3.05, 3.63) is 0 Å². The van der Waals surface area contributed by atoms with Gasteiger partial charge < -0.3 is 5.11 Å². The lowest BCUT2D eigenvalue weighted by Crippen LogP contribution is -2.14. The minimum absolute atomic E-state index is 0. The van der Waals surface area contributed by atoms with Gasteiger partial charge in [-0.15, -0.1) is 21.6 Å². The quantitative estimate of drug-likeness (QED) is 0.677. The first-order valence-corrected chi connectivity index (χ1v) is 3.96. The molecule has 62 valence electrons. The summed E-state index contributed by atoms with van der Waals surface area (Å²) in [4.78, 5) is 10.3. The Morgan fingerprint density at radius 3 is 2.30 bits per heavy atom. The van der Waals surface area contributed by atoms with Crippen molar-refractivity contribution in [3.8, 4) is 0 Å². The summed E-state index contributed by atoms with van der Waals surface area (Å²) in [5, 5.41) is 8.49. The van der Waals surface area contributed by atoms with Crippen LogP contribution in [0.4, 0.5) is 0 Å². The second kappa shape index (κ2) is 7.30. The molecule has 0 aromatic carbocycles. The smallest absolute Gasteiger partial charge is 0.306 e. The first kappa shape index (κ1) is 12.8. The predicted octanol–water partition coefficient (Wildman–Crippen LogP) is 1.78. The molecule has 0 aliphatic carbocycles. The lowest BCUT2D eigenvalue weighted by atomic mass is 10.1. The lowest BCUT2D eigenvalue weighted by Gasteiger charge is -2.05. The zero-order valence-electron chi connectivity index (χ0n) is 6.04. The van der Waals surface area contributed by atoms with Crippen LogP contribution in [0.15, 0.2) is 0 Å². The Kier molecular flexibility index (Phi) is 9.36. The highest BCUT2D eigenvalue weighted by molar-refractivity contribution is 7.16. The highest BCUT2D eigenvalue weighted by Crippen LogP contribution is 2.08. The molecule has 0 bridgehead atoms. The van der Waals surface area contributed by atoms with Gasteiger partial charge in [-0.1, -0.05) is 13.3 Å². The highest BCUT2D eigenvalue weighted by atomic mass is 35.5. The van der Waals surface area contributed by atoms with Crippen LogP contribution in [0.1, 0.15) is 19.8 Å². The second-order valence-electron chi connectivity index (χ2n) is 2.06. The molecule has 0 amide bonds. The van der Waals surface area contributed by atoms with Crippen LogP contribution in [0.5, 0.6) is 0 Å². The third-order valence-corrected chi connectivity index (χ3v) is 1.84. The molecule has 0 saturated carbocycles. The lowest BCUT2D eigenvalue weighted by molar-refractivity contribution is -0.141. The maximum atomic E-state index is 10.3. The molecule has 0 aliphatic heterocycles. The number of carbonyl (C=O) groups is 1. The van der Waals surface area contributed by atoms with Crippen LogP contribution in [-0.4, -0.2) is 17.2 Å². The molecule has 2 unspecified atom stereocenters. The van der Waals surface area contributed by atoms with E-state index in [4.69, 9.17) is 5.11 Å². The molecule has 0 heterocycles. The zero-order valence-corrected chi connectivity index (χ0v) is 8.01. The summed E-state index contributed by atoms with van der Waals surface area (Å²) in [6, 6.07) is 0. The SMILES string of the molecule is CCCC(CP)C(=O)O.Cl. The molecule has 1 N–H and O–H groups in total. The Bertz CT molecular complexity index is 97.7. The Labute approximate surface area is 70.0 Å². The van der Waals surface area contributed by atoms with Crippen molar-refractivity contribution < 1.29 is 9.90 Å². The topological polar surface area (TPSA) is 37.3 Å². The van der Waals surface area contributed by atoms with Crippen LogP contribution in [0.2, 0.25) is 0 Å². The maximum Gasteiger partial charge on any atom is 0.306 e. The van der Waals surface area contributed by atoms with Gasteiger partial charge in [0.2, 0.25) is 0 Å². The van der Waals surface area contributed by atoms with Crippen LogP contribution in [0, 0.1) is 5.92 Å². The summed E-state index contributed by atoms with van der Waals surface area (Å²) in [7, 11) is 2.46. The van der Waals surface area contributed by atoms with Gasteiger partial charge in [-0.3, -0.25) is 4.79 Å². The maximum absolute atomic E-state index is 10.3. The molecular formula is C6H14ClO2P. The van der Waals surface area contributed by atoms with Crippen molar-refractivity contribution in [3.63, 3.8) is 0 Å². The molecule has 0 saturated heterocycles. The molecule has 0 aliphatic rings. The highest BCUT2D eigenvalue weighted by Gasteiger charge is 2.12. The summed E-state index contributed by atoms with van der Waals surface area (Å²) >= 11 is 0. The van der Waals surface area contributed by atoms with Crippen molar-refractivity contribution >= 4 is 27.6 Å². The van der Waals surface area contributed by atoms with Crippen molar-refractivity contribution in [2.24, 2.45) is 5.92 Å². The molecule has 0 spiro atoms. The third-order valence-electron chi connectivity index (χ3n) is 1.27.